The van der Waals surface area contributed by atoms with Crippen molar-refractivity contribution in [2.45, 2.75) is 47.0 Å². The van der Waals surface area contributed by atoms with E-state index in [-0.39, 0.29) is 0 Å². The van der Waals surface area contributed by atoms with Crippen LogP contribution in [0.15, 0.2) is 59.8 Å². The van der Waals surface area contributed by atoms with E-state index in [2.05, 4.69) is 57.2 Å². The van der Waals surface area contributed by atoms with Gasteiger partial charge >= 0.3 is 11.9 Å². The fourth-order valence-corrected chi connectivity index (χ4v) is 1.52. The highest BCUT2D eigenvalue weighted by atomic mass is 16.6. The van der Waals surface area contributed by atoms with Crippen LogP contribution < -0.4 is 0 Å². The van der Waals surface area contributed by atoms with E-state index in [1.807, 2.05) is 6.08 Å². The van der Waals surface area contributed by atoms with E-state index in [1.165, 1.54) is 23.1 Å². The van der Waals surface area contributed by atoms with Crippen molar-refractivity contribution in [2.75, 3.05) is 0 Å². The third-order valence-corrected chi connectivity index (χ3v) is 2.88. The molecule has 1 rings (SSSR count). The standard InChI is InChI=1S/C15H24.C4H2O3/c1-6-14(4)10-8-12-15(5)11-7-9-13(2)3;5-3-1-2-4(6)7-3/h6,9-10,12H,1,7-8,11H2,2-5H3;1-2H/b14-10+,15-12+;. The number of hydrogen-bond acceptors (Lipinski definition) is 3. The van der Waals surface area contributed by atoms with Crippen molar-refractivity contribution in [1.82, 2.24) is 0 Å². The van der Waals surface area contributed by atoms with Crippen LogP contribution in [0.4, 0.5) is 0 Å². The van der Waals surface area contributed by atoms with Crippen LogP contribution in [-0.4, -0.2) is 11.9 Å². The average Bonchev–Trinajstić information content (AvgIpc) is 2.82. The number of carbonyl (C=O) groups is 2. The topological polar surface area (TPSA) is 43.4 Å². The summed E-state index contributed by atoms with van der Waals surface area (Å²) in [5, 5.41) is 0. The largest absolute Gasteiger partial charge is 0.387 e. The maximum atomic E-state index is 9.92. The van der Waals surface area contributed by atoms with Gasteiger partial charge in [-0.1, -0.05) is 47.6 Å². The number of carbonyl (C=O) groups excluding carboxylic acids is 2. The second-order valence-electron chi connectivity index (χ2n) is 5.33. The molecule has 0 aromatic carbocycles. The molecule has 0 amide bonds. The Kier molecular flexibility index (Phi) is 10.4. The highest BCUT2D eigenvalue weighted by Gasteiger charge is 2.10. The van der Waals surface area contributed by atoms with E-state index in [4.69, 9.17) is 0 Å². The predicted octanol–water partition coefficient (Wildman–Crippen LogP) is 4.83. The zero-order valence-corrected chi connectivity index (χ0v) is 14.0. The summed E-state index contributed by atoms with van der Waals surface area (Å²) in [5.74, 6) is -1.16. The predicted molar refractivity (Wildman–Crippen MR) is 91.2 cm³/mol. The summed E-state index contributed by atoms with van der Waals surface area (Å²) in [5.41, 5.74) is 4.13. The minimum Gasteiger partial charge on any atom is -0.387 e. The fraction of sp³-hybridized carbons (Fsp3) is 0.368. The van der Waals surface area contributed by atoms with Gasteiger partial charge in [0, 0.05) is 12.2 Å². The molecule has 0 aromatic heterocycles. The van der Waals surface area contributed by atoms with Crippen LogP contribution in [0.5, 0.6) is 0 Å². The molecule has 0 bridgehead atoms. The molecule has 0 radical (unpaired) electrons. The average molecular weight is 302 g/mol. The Labute approximate surface area is 133 Å². The van der Waals surface area contributed by atoms with E-state index < -0.39 is 11.9 Å². The van der Waals surface area contributed by atoms with Gasteiger partial charge in [-0.25, -0.2) is 9.59 Å². The van der Waals surface area contributed by atoms with Crippen molar-refractivity contribution in [3.8, 4) is 0 Å². The normalized spacial score (nSPS) is 14.2. The molecule has 1 aliphatic heterocycles. The number of esters is 2. The van der Waals surface area contributed by atoms with Crippen molar-refractivity contribution in [1.29, 1.82) is 0 Å². The summed E-state index contributed by atoms with van der Waals surface area (Å²) in [4.78, 5) is 19.8. The second kappa shape index (κ2) is 11.5. The third-order valence-electron chi connectivity index (χ3n) is 2.88. The van der Waals surface area contributed by atoms with Gasteiger partial charge in [0.1, 0.15) is 0 Å². The van der Waals surface area contributed by atoms with Crippen LogP contribution >= 0.6 is 0 Å². The molecule has 0 aliphatic carbocycles. The first-order valence-corrected chi connectivity index (χ1v) is 7.37. The Hall–Kier alpha value is -2.16. The lowest BCUT2D eigenvalue weighted by atomic mass is 10.1. The van der Waals surface area contributed by atoms with Gasteiger partial charge in [-0.3, -0.25) is 0 Å². The van der Waals surface area contributed by atoms with Crippen LogP contribution in [0.1, 0.15) is 47.0 Å². The second-order valence-corrected chi connectivity index (χ2v) is 5.33. The molecule has 0 fully saturated rings. The van der Waals surface area contributed by atoms with Crippen LogP contribution in [0, 0.1) is 0 Å². The highest BCUT2D eigenvalue weighted by Crippen LogP contribution is 2.08. The van der Waals surface area contributed by atoms with Crippen molar-refractivity contribution >= 4 is 11.9 Å². The van der Waals surface area contributed by atoms with Gasteiger partial charge in [-0.15, -0.1) is 0 Å². The Morgan fingerprint density at radius 1 is 1.05 bits per heavy atom. The minimum atomic E-state index is -0.579. The summed E-state index contributed by atoms with van der Waals surface area (Å²) >= 11 is 0. The number of allylic oxidation sites excluding steroid dienone is 7. The Morgan fingerprint density at radius 2 is 1.64 bits per heavy atom. The summed E-state index contributed by atoms with van der Waals surface area (Å²) in [6.07, 6.45) is 14.2. The third kappa shape index (κ3) is 11.6. The molecule has 0 aromatic rings. The fourth-order valence-electron chi connectivity index (χ4n) is 1.52. The number of rotatable bonds is 6. The van der Waals surface area contributed by atoms with Crippen LogP contribution in [0.3, 0.4) is 0 Å². The Morgan fingerprint density at radius 3 is 2.05 bits per heavy atom. The lowest BCUT2D eigenvalue weighted by Gasteiger charge is -1.98. The first kappa shape index (κ1) is 19.8. The summed E-state index contributed by atoms with van der Waals surface area (Å²) in [7, 11) is 0. The van der Waals surface area contributed by atoms with Gasteiger partial charge in [0.25, 0.3) is 0 Å². The van der Waals surface area contributed by atoms with Crippen LogP contribution in [0.2, 0.25) is 0 Å². The van der Waals surface area contributed by atoms with Crippen molar-refractivity contribution < 1.29 is 14.3 Å². The lowest BCUT2D eigenvalue weighted by molar-refractivity contribution is -0.150. The zero-order chi connectivity index (χ0) is 17.0. The first-order valence-electron chi connectivity index (χ1n) is 7.37. The highest BCUT2D eigenvalue weighted by molar-refractivity contribution is 6.04. The van der Waals surface area contributed by atoms with Gasteiger partial charge in [-0.2, -0.15) is 0 Å². The van der Waals surface area contributed by atoms with Crippen molar-refractivity contribution in [3.05, 3.63) is 59.8 Å². The molecule has 0 saturated carbocycles. The van der Waals surface area contributed by atoms with Gasteiger partial charge in [0.2, 0.25) is 0 Å². The number of hydrogen-bond donors (Lipinski definition) is 0. The lowest BCUT2D eigenvalue weighted by Crippen LogP contribution is -1.96. The first-order chi connectivity index (χ1) is 10.3. The van der Waals surface area contributed by atoms with Gasteiger partial charge in [-0.05, 0) is 47.0 Å². The molecular weight excluding hydrogens is 276 g/mol. The van der Waals surface area contributed by atoms with Gasteiger partial charge in [0.05, 0.1) is 0 Å². The van der Waals surface area contributed by atoms with E-state index in [0.717, 1.165) is 25.0 Å². The van der Waals surface area contributed by atoms with E-state index in [1.54, 1.807) is 0 Å². The molecular formula is C19H26O3. The van der Waals surface area contributed by atoms with Crippen LogP contribution in [0.25, 0.3) is 0 Å². The summed E-state index contributed by atoms with van der Waals surface area (Å²) in [6.45, 7) is 12.3. The molecule has 3 nitrogen and oxygen atoms in total. The Balaban J connectivity index is 0.000000518. The number of ether oxygens (including phenoxy) is 1. The molecule has 0 N–H and O–H groups in total. The molecule has 22 heavy (non-hydrogen) atoms. The molecule has 1 aliphatic rings. The summed E-state index contributed by atoms with van der Waals surface area (Å²) < 4.78 is 3.97. The van der Waals surface area contributed by atoms with E-state index in [0.29, 0.717) is 0 Å². The maximum Gasteiger partial charge on any atom is 0.338 e. The van der Waals surface area contributed by atoms with Crippen LogP contribution in [-0.2, 0) is 14.3 Å². The van der Waals surface area contributed by atoms with Crippen molar-refractivity contribution in [2.24, 2.45) is 0 Å². The minimum absolute atomic E-state index is 0.579. The molecule has 1 heterocycles. The molecule has 0 saturated heterocycles. The monoisotopic (exact) mass is 302 g/mol. The Bertz CT molecular complexity index is 497. The summed E-state index contributed by atoms with van der Waals surface area (Å²) in [6, 6.07) is 0. The maximum absolute atomic E-state index is 9.92. The number of cyclic esters (lactones) is 2. The van der Waals surface area contributed by atoms with Crippen molar-refractivity contribution in [3.63, 3.8) is 0 Å². The van der Waals surface area contributed by atoms with E-state index in [9.17, 15) is 9.59 Å². The molecule has 120 valence electrons. The SMILES string of the molecule is C=C/C(C)=C/C/C=C(\C)CCC=C(C)C.O=C1C=CC(=O)O1. The molecule has 0 atom stereocenters. The zero-order valence-electron chi connectivity index (χ0n) is 14.0. The molecule has 0 spiro atoms. The van der Waals surface area contributed by atoms with Gasteiger partial charge < -0.3 is 4.74 Å². The molecule has 0 unspecified atom stereocenters. The quantitative estimate of drug-likeness (QED) is 0.305. The molecule has 3 heteroatoms. The van der Waals surface area contributed by atoms with E-state index >= 15 is 0 Å². The van der Waals surface area contributed by atoms with Gasteiger partial charge in [0.15, 0.2) is 0 Å². The smallest absolute Gasteiger partial charge is 0.338 e.